The van der Waals surface area contributed by atoms with Gasteiger partial charge in [0.1, 0.15) is 4.21 Å². The van der Waals surface area contributed by atoms with Crippen molar-refractivity contribution in [2.75, 3.05) is 0 Å². The molecule has 0 saturated carbocycles. The second-order valence-electron chi connectivity index (χ2n) is 4.87. The Labute approximate surface area is 130 Å². The van der Waals surface area contributed by atoms with Gasteiger partial charge in [0.2, 0.25) is 10.0 Å². The van der Waals surface area contributed by atoms with Crippen LogP contribution in [-0.4, -0.2) is 8.42 Å². The van der Waals surface area contributed by atoms with Crippen LogP contribution in [0.2, 0.25) is 0 Å². The van der Waals surface area contributed by atoms with Gasteiger partial charge in [0.15, 0.2) is 0 Å². The van der Waals surface area contributed by atoms with Crippen molar-refractivity contribution >= 4 is 21.4 Å². The Bertz CT molecular complexity index is 704. The molecular formula is C15H20N2O2S2. The van der Waals surface area contributed by atoms with Crippen molar-refractivity contribution in [2.45, 2.75) is 37.6 Å². The Morgan fingerprint density at radius 1 is 1.19 bits per heavy atom. The zero-order valence-corrected chi connectivity index (χ0v) is 13.9. The predicted molar refractivity (Wildman–Crippen MR) is 86.8 cm³/mol. The minimum Gasteiger partial charge on any atom is -0.326 e. The Balaban J connectivity index is 2.09. The van der Waals surface area contributed by atoms with Crippen molar-refractivity contribution in [3.63, 3.8) is 0 Å². The smallest absolute Gasteiger partial charge is 0.250 e. The Kier molecular flexibility index (Phi) is 5.16. The molecule has 2 aromatic rings. The van der Waals surface area contributed by atoms with E-state index in [1.165, 1.54) is 16.9 Å². The molecular weight excluding hydrogens is 304 g/mol. The average Bonchev–Trinajstić information content (AvgIpc) is 2.88. The maximum absolute atomic E-state index is 12.3. The van der Waals surface area contributed by atoms with E-state index >= 15 is 0 Å². The second-order valence-corrected chi connectivity index (χ2v) is 8.00. The molecule has 0 saturated heterocycles. The van der Waals surface area contributed by atoms with E-state index in [0.29, 0.717) is 17.3 Å². The number of sulfonamides is 1. The standard InChI is InChI=1S/C15H20N2O2S2/c1-3-12-4-6-13(7-5-12)10-17-21(18,19)15-8-11(2)14(9-16)20-15/h4-8,17H,3,9-10,16H2,1-2H3. The monoisotopic (exact) mass is 324 g/mol. The molecule has 4 nitrogen and oxygen atoms in total. The van der Waals surface area contributed by atoms with E-state index in [4.69, 9.17) is 5.73 Å². The summed E-state index contributed by atoms with van der Waals surface area (Å²) in [7, 11) is -3.47. The number of nitrogens with two attached hydrogens (primary N) is 1. The summed E-state index contributed by atoms with van der Waals surface area (Å²) < 4.78 is 27.5. The normalized spacial score (nSPS) is 11.8. The molecule has 0 amide bonds. The highest BCUT2D eigenvalue weighted by Crippen LogP contribution is 2.25. The first kappa shape index (κ1) is 16.2. The van der Waals surface area contributed by atoms with Crippen molar-refractivity contribution in [1.82, 2.24) is 4.72 Å². The van der Waals surface area contributed by atoms with Gasteiger partial charge in [-0.25, -0.2) is 13.1 Å². The number of thiophene rings is 1. The molecule has 0 fully saturated rings. The first-order valence-corrected chi connectivity index (χ1v) is 9.13. The van der Waals surface area contributed by atoms with Crippen LogP contribution >= 0.6 is 11.3 Å². The summed E-state index contributed by atoms with van der Waals surface area (Å²) in [6.07, 6.45) is 0.975. The number of hydrogen-bond donors (Lipinski definition) is 2. The van der Waals surface area contributed by atoms with E-state index < -0.39 is 10.0 Å². The summed E-state index contributed by atoms with van der Waals surface area (Å²) in [6, 6.07) is 9.62. The third-order valence-corrected chi connectivity index (χ3v) is 6.48. The van der Waals surface area contributed by atoms with Crippen molar-refractivity contribution in [3.05, 3.63) is 51.9 Å². The summed E-state index contributed by atoms with van der Waals surface area (Å²) >= 11 is 1.23. The van der Waals surface area contributed by atoms with Gasteiger partial charge in [0.05, 0.1) is 0 Å². The van der Waals surface area contributed by atoms with Gasteiger partial charge in [0, 0.05) is 18.0 Å². The average molecular weight is 324 g/mol. The van der Waals surface area contributed by atoms with Crippen molar-refractivity contribution in [1.29, 1.82) is 0 Å². The highest BCUT2D eigenvalue weighted by Gasteiger charge is 2.18. The van der Waals surface area contributed by atoms with Gasteiger partial charge in [-0.05, 0) is 36.1 Å². The van der Waals surface area contributed by atoms with Gasteiger partial charge in [-0.1, -0.05) is 31.2 Å². The molecule has 6 heteroatoms. The van der Waals surface area contributed by atoms with E-state index in [2.05, 4.69) is 11.6 Å². The lowest BCUT2D eigenvalue weighted by Crippen LogP contribution is -2.22. The van der Waals surface area contributed by atoms with Gasteiger partial charge in [0.25, 0.3) is 0 Å². The molecule has 0 aliphatic carbocycles. The largest absolute Gasteiger partial charge is 0.326 e. The molecule has 0 spiro atoms. The van der Waals surface area contributed by atoms with Crippen LogP contribution in [0.4, 0.5) is 0 Å². The van der Waals surface area contributed by atoms with E-state index in [1.54, 1.807) is 6.07 Å². The quantitative estimate of drug-likeness (QED) is 0.858. The molecule has 1 aromatic carbocycles. The fourth-order valence-electron chi connectivity index (χ4n) is 1.97. The Morgan fingerprint density at radius 3 is 2.33 bits per heavy atom. The van der Waals surface area contributed by atoms with Gasteiger partial charge < -0.3 is 5.73 Å². The van der Waals surface area contributed by atoms with Crippen LogP contribution in [-0.2, 0) is 29.5 Å². The van der Waals surface area contributed by atoms with Gasteiger partial charge in [-0.15, -0.1) is 11.3 Å². The van der Waals surface area contributed by atoms with E-state index in [-0.39, 0.29) is 0 Å². The topological polar surface area (TPSA) is 72.2 Å². The lowest BCUT2D eigenvalue weighted by Gasteiger charge is -2.05. The van der Waals surface area contributed by atoms with Gasteiger partial charge in [-0.3, -0.25) is 0 Å². The number of benzene rings is 1. The minimum atomic E-state index is -3.47. The summed E-state index contributed by atoms with van der Waals surface area (Å²) in [5, 5.41) is 0. The van der Waals surface area contributed by atoms with Crippen LogP contribution in [0.1, 0.15) is 28.5 Å². The zero-order chi connectivity index (χ0) is 15.5. The number of rotatable bonds is 6. The Morgan fingerprint density at radius 2 is 1.81 bits per heavy atom. The third kappa shape index (κ3) is 3.91. The third-order valence-electron chi connectivity index (χ3n) is 3.35. The van der Waals surface area contributed by atoms with Crippen molar-refractivity contribution in [3.8, 4) is 0 Å². The van der Waals surface area contributed by atoms with E-state index in [1.807, 2.05) is 31.2 Å². The van der Waals surface area contributed by atoms with Crippen LogP contribution in [0.25, 0.3) is 0 Å². The van der Waals surface area contributed by atoms with Crippen LogP contribution in [0, 0.1) is 6.92 Å². The molecule has 0 unspecified atom stereocenters. The number of aryl methyl sites for hydroxylation is 2. The summed E-state index contributed by atoms with van der Waals surface area (Å²) in [4.78, 5) is 0.905. The van der Waals surface area contributed by atoms with E-state index in [9.17, 15) is 8.42 Å². The second kappa shape index (κ2) is 6.70. The number of hydrogen-bond acceptors (Lipinski definition) is 4. The zero-order valence-electron chi connectivity index (χ0n) is 12.2. The summed E-state index contributed by atoms with van der Waals surface area (Å²) in [6.45, 7) is 4.62. The maximum Gasteiger partial charge on any atom is 0.250 e. The first-order valence-electron chi connectivity index (χ1n) is 6.83. The SMILES string of the molecule is CCc1ccc(CNS(=O)(=O)c2cc(C)c(CN)s2)cc1. The fourth-order valence-corrected chi connectivity index (χ4v) is 4.50. The molecule has 0 atom stereocenters. The molecule has 1 aromatic heterocycles. The predicted octanol–water partition coefficient (Wildman–Crippen LogP) is 2.56. The van der Waals surface area contributed by atoms with Crippen molar-refractivity contribution in [2.24, 2.45) is 5.73 Å². The first-order chi connectivity index (χ1) is 9.96. The molecule has 0 aliphatic heterocycles. The molecule has 0 aliphatic rings. The molecule has 1 heterocycles. The molecule has 2 rings (SSSR count). The van der Waals surface area contributed by atoms with Gasteiger partial charge in [-0.2, -0.15) is 0 Å². The summed E-state index contributed by atoms with van der Waals surface area (Å²) in [5.74, 6) is 0. The fraction of sp³-hybridized carbons (Fsp3) is 0.333. The number of nitrogens with one attached hydrogen (secondary N) is 1. The molecule has 0 radical (unpaired) electrons. The van der Waals surface area contributed by atoms with Gasteiger partial charge >= 0.3 is 0 Å². The minimum absolute atomic E-state index is 0.293. The molecule has 114 valence electrons. The molecule has 3 N–H and O–H groups in total. The van der Waals surface area contributed by atoms with Crippen molar-refractivity contribution < 1.29 is 8.42 Å². The highest BCUT2D eigenvalue weighted by molar-refractivity contribution is 7.91. The molecule has 21 heavy (non-hydrogen) atoms. The summed E-state index contributed by atoms with van der Waals surface area (Å²) in [5.41, 5.74) is 8.71. The maximum atomic E-state index is 12.3. The van der Waals surface area contributed by atoms with E-state index in [0.717, 1.165) is 22.4 Å². The highest BCUT2D eigenvalue weighted by atomic mass is 32.2. The van der Waals surface area contributed by atoms with Crippen LogP contribution < -0.4 is 10.5 Å². The Hall–Kier alpha value is -1.21. The lowest BCUT2D eigenvalue weighted by molar-refractivity contribution is 0.583. The molecule has 0 bridgehead atoms. The van der Waals surface area contributed by atoms with Crippen LogP contribution in [0.5, 0.6) is 0 Å². The van der Waals surface area contributed by atoms with Crippen LogP contribution in [0.15, 0.2) is 34.5 Å². The van der Waals surface area contributed by atoms with Crippen LogP contribution in [0.3, 0.4) is 0 Å². The lowest BCUT2D eigenvalue weighted by atomic mass is 10.1.